The smallest absolute Gasteiger partial charge is 0.0796 e. The highest BCUT2D eigenvalue weighted by molar-refractivity contribution is 8.06. The predicted octanol–water partition coefficient (Wildman–Crippen LogP) is 4.44. The van der Waals surface area contributed by atoms with Gasteiger partial charge in [-0.15, -0.1) is 0 Å². The van der Waals surface area contributed by atoms with Crippen LogP contribution in [-0.2, 0) is 0 Å². The highest BCUT2D eigenvalue weighted by Gasteiger charge is 2.15. The van der Waals surface area contributed by atoms with E-state index in [4.69, 9.17) is 0 Å². The summed E-state index contributed by atoms with van der Waals surface area (Å²) in [6.45, 7) is 4.16. The summed E-state index contributed by atoms with van der Waals surface area (Å²) in [5.41, 5.74) is 4.65. The minimum atomic E-state index is 1.02. The number of rotatable bonds is 2. The van der Waals surface area contributed by atoms with Gasteiger partial charge < -0.3 is 4.90 Å². The van der Waals surface area contributed by atoms with Crippen LogP contribution in [0.4, 0.5) is 0 Å². The normalized spacial score (nSPS) is 25.2. The summed E-state index contributed by atoms with van der Waals surface area (Å²) < 4.78 is 0. The average molecular weight is 284 g/mol. The third kappa shape index (κ3) is 3.05. The number of aliphatic imine (C=N–C) groups is 1. The number of allylic oxidation sites excluding steroid dienone is 10. The van der Waals surface area contributed by atoms with Crippen molar-refractivity contribution >= 4 is 17.5 Å². The van der Waals surface area contributed by atoms with Gasteiger partial charge in [-0.1, -0.05) is 42.1 Å². The van der Waals surface area contributed by atoms with E-state index in [9.17, 15) is 0 Å². The number of nitrogens with zero attached hydrogens (tertiary/aromatic N) is 2. The first-order valence-corrected chi connectivity index (χ1v) is 7.53. The maximum absolute atomic E-state index is 4.36. The summed E-state index contributed by atoms with van der Waals surface area (Å²) in [6, 6.07) is 0. The van der Waals surface area contributed by atoms with E-state index in [-0.39, 0.29) is 0 Å². The van der Waals surface area contributed by atoms with Crippen LogP contribution in [0.5, 0.6) is 0 Å². The zero-order valence-corrected chi connectivity index (χ0v) is 13.2. The lowest BCUT2D eigenvalue weighted by Gasteiger charge is -2.16. The Hall–Kier alpha value is -1.74. The molecule has 0 unspecified atom stereocenters. The molecular formula is C17H20N2S. The second-order valence-corrected chi connectivity index (χ2v) is 5.50. The fraction of sp³-hybridized carbons (Fsp3) is 0.235. The quantitative estimate of drug-likeness (QED) is 0.745. The van der Waals surface area contributed by atoms with Crippen molar-refractivity contribution in [3.05, 3.63) is 69.8 Å². The molecule has 2 aliphatic rings. The second kappa shape index (κ2) is 6.62. The fourth-order valence-corrected chi connectivity index (χ4v) is 3.00. The number of hydrogen-bond acceptors (Lipinski definition) is 3. The lowest BCUT2D eigenvalue weighted by atomic mass is 9.98. The topological polar surface area (TPSA) is 15.6 Å². The molecule has 104 valence electrons. The van der Waals surface area contributed by atoms with Crippen LogP contribution < -0.4 is 0 Å². The van der Waals surface area contributed by atoms with Crippen molar-refractivity contribution < 1.29 is 0 Å². The van der Waals surface area contributed by atoms with Crippen molar-refractivity contribution in [1.29, 1.82) is 0 Å². The minimum Gasteiger partial charge on any atom is -0.342 e. The third-order valence-electron chi connectivity index (χ3n) is 3.29. The summed E-state index contributed by atoms with van der Waals surface area (Å²) in [5.74, 6) is 0. The molecule has 1 aliphatic carbocycles. The lowest BCUT2D eigenvalue weighted by Crippen LogP contribution is -2.09. The molecule has 0 fully saturated rings. The Labute approximate surface area is 125 Å². The zero-order valence-electron chi connectivity index (χ0n) is 12.4. The maximum atomic E-state index is 4.36. The van der Waals surface area contributed by atoms with E-state index in [1.165, 1.54) is 21.9 Å². The van der Waals surface area contributed by atoms with Gasteiger partial charge >= 0.3 is 0 Å². The Balaban J connectivity index is 2.45. The van der Waals surface area contributed by atoms with Gasteiger partial charge in [0.15, 0.2) is 0 Å². The molecule has 0 aromatic rings. The molecule has 0 bridgehead atoms. The van der Waals surface area contributed by atoms with E-state index in [0.29, 0.717) is 0 Å². The van der Waals surface area contributed by atoms with E-state index in [1.807, 2.05) is 26.1 Å². The van der Waals surface area contributed by atoms with Crippen LogP contribution in [0.1, 0.15) is 13.8 Å². The molecule has 0 radical (unpaired) electrons. The summed E-state index contributed by atoms with van der Waals surface area (Å²) in [5, 5.41) is 3.41. The second-order valence-electron chi connectivity index (χ2n) is 4.61. The molecule has 0 atom stereocenters. The zero-order chi connectivity index (χ0) is 14.5. The van der Waals surface area contributed by atoms with Crippen LogP contribution in [0.2, 0.25) is 0 Å². The highest BCUT2D eigenvalue weighted by atomic mass is 32.2. The molecule has 0 aromatic heterocycles. The van der Waals surface area contributed by atoms with Gasteiger partial charge in [-0.05, 0) is 37.0 Å². The van der Waals surface area contributed by atoms with Gasteiger partial charge in [0.25, 0.3) is 0 Å². The molecule has 0 N–H and O–H groups in total. The van der Waals surface area contributed by atoms with E-state index in [0.717, 1.165) is 5.71 Å². The molecule has 1 aliphatic heterocycles. The molecule has 1 heterocycles. The van der Waals surface area contributed by atoms with E-state index >= 15 is 0 Å². The van der Waals surface area contributed by atoms with Crippen LogP contribution in [-0.4, -0.2) is 24.7 Å². The van der Waals surface area contributed by atoms with Crippen molar-refractivity contribution in [3.63, 3.8) is 0 Å². The first kappa shape index (κ1) is 14.7. The molecule has 0 amide bonds. The van der Waals surface area contributed by atoms with Gasteiger partial charge in [0.1, 0.15) is 0 Å². The van der Waals surface area contributed by atoms with Crippen LogP contribution in [0.3, 0.4) is 0 Å². The molecule has 20 heavy (non-hydrogen) atoms. The standard InChI is InChI=1S/C17H20N2S/c1-5-8-14(11-17-19(4)13(2)12-20-17)15-9-6-7-10-16(15)18-3/h5-12H,1-4H3/b8-5-,15-14+,17-11-,18-16+. The lowest BCUT2D eigenvalue weighted by molar-refractivity contribution is 0.566. The van der Waals surface area contributed by atoms with Crippen LogP contribution >= 0.6 is 11.8 Å². The van der Waals surface area contributed by atoms with Crippen LogP contribution in [0, 0.1) is 0 Å². The Morgan fingerprint density at radius 3 is 2.65 bits per heavy atom. The maximum Gasteiger partial charge on any atom is 0.0796 e. The Bertz CT molecular complexity index is 598. The average Bonchev–Trinajstić information content (AvgIpc) is 2.78. The molecule has 2 nitrogen and oxygen atoms in total. The van der Waals surface area contributed by atoms with E-state index in [1.54, 1.807) is 11.8 Å². The van der Waals surface area contributed by atoms with Crippen LogP contribution in [0.25, 0.3) is 0 Å². The highest BCUT2D eigenvalue weighted by Crippen LogP contribution is 2.34. The predicted molar refractivity (Wildman–Crippen MR) is 90.7 cm³/mol. The molecule has 0 aromatic carbocycles. The molecule has 0 saturated carbocycles. The van der Waals surface area contributed by atoms with Crippen molar-refractivity contribution in [2.45, 2.75) is 13.8 Å². The van der Waals surface area contributed by atoms with Gasteiger partial charge in [0.2, 0.25) is 0 Å². The Kier molecular flexibility index (Phi) is 4.85. The molecule has 0 spiro atoms. The molecule has 2 rings (SSSR count). The third-order valence-corrected chi connectivity index (χ3v) is 4.38. The molecule has 3 heteroatoms. The summed E-state index contributed by atoms with van der Waals surface area (Å²) >= 11 is 1.76. The number of hydrogen-bond donors (Lipinski definition) is 0. The summed E-state index contributed by atoms with van der Waals surface area (Å²) in [4.78, 5) is 6.57. The van der Waals surface area contributed by atoms with E-state index < -0.39 is 0 Å². The van der Waals surface area contributed by atoms with Gasteiger partial charge in [-0.25, -0.2) is 0 Å². The van der Waals surface area contributed by atoms with Crippen molar-refractivity contribution in [2.24, 2.45) is 4.99 Å². The monoisotopic (exact) mass is 284 g/mol. The first-order valence-electron chi connectivity index (χ1n) is 6.65. The Morgan fingerprint density at radius 2 is 2.05 bits per heavy atom. The largest absolute Gasteiger partial charge is 0.342 e. The first-order chi connectivity index (χ1) is 9.67. The molecule has 0 saturated heterocycles. The van der Waals surface area contributed by atoms with Crippen molar-refractivity contribution in [1.82, 2.24) is 4.90 Å². The Morgan fingerprint density at radius 1 is 1.30 bits per heavy atom. The van der Waals surface area contributed by atoms with Gasteiger partial charge in [0, 0.05) is 25.4 Å². The molecular weight excluding hydrogens is 264 g/mol. The van der Waals surface area contributed by atoms with E-state index in [2.05, 4.69) is 59.7 Å². The van der Waals surface area contributed by atoms with Crippen molar-refractivity contribution in [2.75, 3.05) is 14.1 Å². The SMILES string of the molecule is C\C=C/C(/C=C1\SC=C(C)N1C)=C1/C=CC=C/C1=N\C. The van der Waals surface area contributed by atoms with Crippen molar-refractivity contribution in [3.8, 4) is 0 Å². The van der Waals surface area contributed by atoms with Crippen LogP contribution in [0.15, 0.2) is 74.8 Å². The summed E-state index contributed by atoms with van der Waals surface area (Å²) in [7, 11) is 3.93. The minimum absolute atomic E-state index is 1.02. The summed E-state index contributed by atoms with van der Waals surface area (Å²) in [6.07, 6.45) is 14.7. The van der Waals surface area contributed by atoms with Gasteiger partial charge in [0.05, 0.1) is 10.7 Å². The van der Waals surface area contributed by atoms with Gasteiger partial charge in [-0.2, -0.15) is 0 Å². The number of thioether (sulfide) groups is 1. The fourth-order valence-electron chi connectivity index (χ4n) is 2.05. The van der Waals surface area contributed by atoms with Gasteiger partial charge in [-0.3, -0.25) is 4.99 Å².